The second-order valence-corrected chi connectivity index (χ2v) is 4.09. The fourth-order valence-corrected chi connectivity index (χ4v) is 1.66. The first kappa shape index (κ1) is 13.7. The van der Waals surface area contributed by atoms with Crippen LogP contribution in [0.1, 0.15) is 19.8 Å². The summed E-state index contributed by atoms with van der Waals surface area (Å²) in [5.41, 5.74) is 0.280. The predicted molar refractivity (Wildman–Crippen MR) is 62.4 cm³/mol. The molecule has 0 fully saturated rings. The molecule has 2 N–H and O–H groups in total. The Labute approximate surface area is 112 Å². The third-order valence-corrected chi connectivity index (χ3v) is 2.76. The van der Waals surface area contributed by atoms with Crippen LogP contribution in [0.4, 0.5) is 0 Å². The fourth-order valence-electron chi connectivity index (χ4n) is 1.66. The molecular formula is C12H11NO7. The average molecular weight is 281 g/mol. The highest BCUT2D eigenvalue weighted by Gasteiger charge is 2.30. The average Bonchev–Trinajstić information content (AvgIpc) is 2.82. The van der Waals surface area contributed by atoms with Crippen molar-refractivity contribution < 1.29 is 34.2 Å². The minimum absolute atomic E-state index is 0.0297. The molecule has 1 aliphatic rings. The molecule has 0 aromatic carbocycles. The van der Waals surface area contributed by atoms with E-state index in [1.807, 2.05) is 0 Å². The van der Waals surface area contributed by atoms with E-state index in [2.05, 4.69) is 4.74 Å². The second-order valence-electron chi connectivity index (χ2n) is 4.09. The molecule has 0 amide bonds. The van der Waals surface area contributed by atoms with Crippen molar-refractivity contribution in [3.63, 3.8) is 0 Å². The Hall–Kier alpha value is -2.77. The molecule has 1 aliphatic heterocycles. The molecule has 0 radical (unpaired) electrons. The maximum atomic E-state index is 11.5. The summed E-state index contributed by atoms with van der Waals surface area (Å²) in [5, 5.41) is 18.6. The topological polar surface area (TPSA) is 115 Å². The summed E-state index contributed by atoms with van der Waals surface area (Å²) in [5.74, 6) is -3.17. The maximum Gasteiger partial charge on any atom is 0.342 e. The van der Waals surface area contributed by atoms with Crippen LogP contribution in [-0.4, -0.2) is 32.9 Å². The van der Waals surface area contributed by atoms with Gasteiger partial charge < -0.3 is 19.8 Å². The molecule has 106 valence electrons. The van der Waals surface area contributed by atoms with Gasteiger partial charge in [0, 0.05) is 23.3 Å². The van der Waals surface area contributed by atoms with Gasteiger partial charge in [-0.25, -0.2) is 14.4 Å². The highest BCUT2D eigenvalue weighted by Crippen LogP contribution is 2.22. The Morgan fingerprint density at radius 1 is 1.25 bits per heavy atom. The summed E-state index contributed by atoms with van der Waals surface area (Å²) in [6, 6.07) is 2.28. The van der Waals surface area contributed by atoms with Crippen molar-refractivity contribution in [2.24, 2.45) is 0 Å². The van der Waals surface area contributed by atoms with Crippen molar-refractivity contribution in [2.75, 3.05) is 0 Å². The molecule has 0 aliphatic carbocycles. The quantitative estimate of drug-likeness (QED) is 0.591. The van der Waals surface area contributed by atoms with Crippen LogP contribution >= 0.6 is 0 Å². The van der Waals surface area contributed by atoms with Gasteiger partial charge >= 0.3 is 17.9 Å². The van der Waals surface area contributed by atoms with Crippen LogP contribution in [0.25, 0.3) is 0 Å². The normalized spacial score (nSPS) is 14.7. The molecular weight excluding hydrogens is 270 g/mol. The minimum atomic E-state index is -0.792. The molecule has 0 saturated carbocycles. The van der Waals surface area contributed by atoms with Crippen LogP contribution in [0, 0.1) is 0 Å². The van der Waals surface area contributed by atoms with E-state index in [0.717, 1.165) is 12.1 Å². The molecule has 0 spiro atoms. The number of aromatic hydroxyl groups is 2. The van der Waals surface area contributed by atoms with Crippen LogP contribution in [0.15, 0.2) is 23.3 Å². The maximum absolute atomic E-state index is 11.5. The van der Waals surface area contributed by atoms with Crippen molar-refractivity contribution >= 4 is 17.9 Å². The number of esters is 2. The van der Waals surface area contributed by atoms with Gasteiger partial charge in [0.25, 0.3) is 0 Å². The molecule has 0 atom stereocenters. The third-order valence-electron chi connectivity index (χ3n) is 2.76. The lowest BCUT2D eigenvalue weighted by atomic mass is 10.1. The molecule has 0 bridgehead atoms. The summed E-state index contributed by atoms with van der Waals surface area (Å²) in [7, 11) is 0. The van der Waals surface area contributed by atoms with Gasteiger partial charge in [0.05, 0.1) is 6.42 Å². The van der Waals surface area contributed by atoms with Crippen molar-refractivity contribution in [2.45, 2.75) is 19.8 Å². The molecule has 0 saturated heterocycles. The third kappa shape index (κ3) is 2.48. The molecule has 1 aromatic heterocycles. The Bertz CT molecular complexity index is 606. The van der Waals surface area contributed by atoms with Crippen LogP contribution < -0.4 is 4.84 Å². The number of hydrogen-bond acceptors (Lipinski definition) is 7. The van der Waals surface area contributed by atoms with Crippen molar-refractivity contribution in [3.8, 4) is 11.8 Å². The van der Waals surface area contributed by atoms with E-state index in [1.54, 1.807) is 0 Å². The van der Waals surface area contributed by atoms with Gasteiger partial charge in [-0.05, 0) is 13.3 Å². The molecule has 1 aromatic rings. The van der Waals surface area contributed by atoms with E-state index < -0.39 is 29.7 Å². The Morgan fingerprint density at radius 2 is 1.85 bits per heavy atom. The zero-order valence-electron chi connectivity index (χ0n) is 10.5. The molecule has 8 heteroatoms. The van der Waals surface area contributed by atoms with Gasteiger partial charge in [0.2, 0.25) is 11.8 Å². The standard InChI is InChI=1S/C12H11NO7/c1-6-7(12(18)19-11(6)17)2-5-10(16)20-13-8(14)3-4-9(13)15/h3-4,14-15H,2,5H2,1H3. The van der Waals surface area contributed by atoms with E-state index in [-0.39, 0.29) is 24.0 Å². The number of hydrogen-bond donors (Lipinski definition) is 2. The van der Waals surface area contributed by atoms with Crippen LogP contribution in [0.2, 0.25) is 0 Å². The van der Waals surface area contributed by atoms with Gasteiger partial charge in [-0.2, -0.15) is 0 Å². The molecule has 8 nitrogen and oxygen atoms in total. The summed E-state index contributed by atoms with van der Waals surface area (Å²) in [6.07, 6.45) is -0.246. The number of aromatic nitrogens is 1. The monoisotopic (exact) mass is 281 g/mol. The first-order valence-electron chi connectivity index (χ1n) is 5.67. The van der Waals surface area contributed by atoms with Crippen molar-refractivity contribution in [3.05, 3.63) is 23.3 Å². The first-order chi connectivity index (χ1) is 9.40. The highest BCUT2D eigenvalue weighted by molar-refractivity contribution is 6.12. The van der Waals surface area contributed by atoms with Crippen LogP contribution in [0.5, 0.6) is 11.8 Å². The zero-order valence-corrected chi connectivity index (χ0v) is 10.5. The molecule has 20 heavy (non-hydrogen) atoms. The first-order valence-corrected chi connectivity index (χ1v) is 5.67. The fraction of sp³-hybridized carbons (Fsp3) is 0.250. The lowest BCUT2D eigenvalue weighted by Gasteiger charge is -2.06. The number of ether oxygens (including phenoxy) is 1. The number of rotatable bonds is 4. The summed E-state index contributed by atoms with van der Waals surface area (Å²) < 4.78 is 4.92. The summed E-state index contributed by atoms with van der Waals surface area (Å²) in [4.78, 5) is 38.6. The van der Waals surface area contributed by atoms with Crippen molar-refractivity contribution in [1.82, 2.24) is 4.73 Å². The van der Waals surface area contributed by atoms with Gasteiger partial charge in [-0.15, -0.1) is 4.73 Å². The highest BCUT2D eigenvalue weighted by atomic mass is 16.7. The Morgan fingerprint density at radius 3 is 2.35 bits per heavy atom. The van der Waals surface area contributed by atoms with Crippen LogP contribution in [0.3, 0.4) is 0 Å². The SMILES string of the molecule is CC1=C(CCC(=O)On2c(O)ccc2O)C(=O)OC1=O. The zero-order chi connectivity index (χ0) is 14.9. The number of carbonyl (C=O) groups excluding carboxylic acids is 3. The summed E-state index contributed by atoms with van der Waals surface area (Å²) >= 11 is 0. The van der Waals surface area contributed by atoms with E-state index in [0.29, 0.717) is 4.73 Å². The smallest absolute Gasteiger partial charge is 0.342 e. The van der Waals surface area contributed by atoms with Gasteiger partial charge in [-0.3, -0.25) is 0 Å². The van der Waals surface area contributed by atoms with E-state index in [9.17, 15) is 24.6 Å². The minimum Gasteiger partial charge on any atom is -0.492 e. The lowest BCUT2D eigenvalue weighted by molar-refractivity contribution is -0.151. The Kier molecular flexibility index (Phi) is 3.47. The number of carbonyl (C=O) groups is 3. The molecule has 2 rings (SSSR count). The number of cyclic esters (lactones) is 2. The summed E-state index contributed by atoms with van der Waals surface area (Å²) in [6.45, 7) is 1.43. The van der Waals surface area contributed by atoms with Gasteiger partial charge in [0.1, 0.15) is 0 Å². The second kappa shape index (κ2) is 5.08. The van der Waals surface area contributed by atoms with E-state index in [4.69, 9.17) is 4.84 Å². The molecule has 0 unspecified atom stereocenters. The molecule has 2 heterocycles. The van der Waals surface area contributed by atoms with Crippen molar-refractivity contribution in [1.29, 1.82) is 0 Å². The number of nitrogens with zero attached hydrogens (tertiary/aromatic N) is 1. The Balaban J connectivity index is 1.97. The van der Waals surface area contributed by atoms with Gasteiger partial charge in [0.15, 0.2) is 0 Å². The van der Waals surface area contributed by atoms with Gasteiger partial charge in [-0.1, -0.05) is 0 Å². The predicted octanol–water partition coefficient (Wildman–Crippen LogP) is 0.0346. The van der Waals surface area contributed by atoms with Crippen LogP contribution in [-0.2, 0) is 19.1 Å². The lowest BCUT2D eigenvalue weighted by Crippen LogP contribution is -2.19. The van der Waals surface area contributed by atoms with E-state index in [1.165, 1.54) is 6.92 Å². The largest absolute Gasteiger partial charge is 0.492 e. The van der Waals surface area contributed by atoms with E-state index >= 15 is 0 Å².